The topological polar surface area (TPSA) is 83.6 Å². The number of hydrogen-bond donors (Lipinski definition) is 2. The first-order valence-corrected chi connectivity index (χ1v) is 9.12. The van der Waals surface area contributed by atoms with Gasteiger partial charge in [-0.25, -0.2) is 4.98 Å². The van der Waals surface area contributed by atoms with Gasteiger partial charge >= 0.3 is 0 Å². The minimum absolute atomic E-state index is 0.0238. The summed E-state index contributed by atoms with van der Waals surface area (Å²) in [5.41, 5.74) is 2.00. The van der Waals surface area contributed by atoms with Gasteiger partial charge in [-0.1, -0.05) is 36.8 Å². The molecule has 1 amide bonds. The summed E-state index contributed by atoms with van der Waals surface area (Å²) < 4.78 is 0. The molecule has 0 bridgehead atoms. The Morgan fingerprint density at radius 3 is 2.92 bits per heavy atom. The predicted octanol–water partition coefficient (Wildman–Crippen LogP) is 3.72. The second kappa shape index (κ2) is 8.01. The van der Waals surface area contributed by atoms with E-state index in [-0.39, 0.29) is 5.91 Å². The van der Waals surface area contributed by atoms with Crippen molar-refractivity contribution in [1.82, 2.24) is 20.2 Å². The third-order valence-electron chi connectivity index (χ3n) is 3.71. The van der Waals surface area contributed by atoms with Gasteiger partial charge in [0.05, 0.1) is 11.0 Å². The van der Waals surface area contributed by atoms with Crippen molar-refractivity contribution in [2.24, 2.45) is 0 Å². The highest BCUT2D eigenvalue weighted by molar-refractivity contribution is 7.15. The molecule has 24 heavy (non-hydrogen) atoms. The van der Waals surface area contributed by atoms with E-state index < -0.39 is 0 Å². The average Bonchev–Trinajstić information content (AvgIpc) is 3.19. The number of imidazole rings is 1. The fraction of sp³-hybridized carbons (Fsp3) is 0.412. The Hall–Kier alpha value is -2.28. The lowest BCUT2D eigenvalue weighted by atomic mass is 10.2. The summed E-state index contributed by atoms with van der Waals surface area (Å²) in [7, 11) is 0. The number of aryl methyl sites for hydroxylation is 2. The van der Waals surface area contributed by atoms with Crippen LogP contribution < -0.4 is 5.32 Å². The third-order valence-corrected chi connectivity index (χ3v) is 4.61. The highest BCUT2D eigenvalue weighted by atomic mass is 32.1. The first kappa shape index (κ1) is 16.6. The van der Waals surface area contributed by atoms with Crippen LogP contribution in [0.15, 0.2) is 24.3 Å². The van der Waals surface area contributed by atoms with Crippen LogP contribution >= 0.6 is 11.3 Å². The molecule has 0 atom stereocenters. The molecule has 126 valence electrons. The zero-order valence-corrected chi connectivity index (χ0v) is 14.5. The molecule has 0 aliphatic rings. The van der Waals surface area contributed by atoms with E-state index in [1.54, 1.807) is 0 Å². The van der Waals surface area contributed by atoms with Crippen molar-refractivity contribution < 1.29 is 4.79 Å². The molecular formula is C17H21N5OS. The van der Waals surface area contributed by atoms with Gasteiger partial charge in [-0.05, 0) is 25.0 Å². The van der Waals surface area contributed by atoms with Crippen molar-refractivity contribution in [1.29, 1.82) is 0 Å². The average molecular weight is 343 g/mol. The molecule has 2 aromatic heterocycles. The fourth-order valence-electron chi connectivity index (χ4n) is 2.46. The van der Waals surface area contributed by atoms with Crippen LogP contribution in [0, 0.1) is 0 Å². The van der Waals surface area contributed by atoms with Crippen molar-refractivity contribution in [2.45, 2.75) is 45.4 Å². The fourth-order valence-corrected chi connectivity index (χ4v) is 3.25. The molecule has 3 rings (SSSR count). The minimum atomic E-state index is -0.0238. The number of nitrogens with zero attached hydrogens (tertiary/aromatic N) is 3. The van der Waals surface area contributed by atoms with Crippen LogP contribution in [-0.2, 0) is 17.6 Å². The molecule has 0 aliphatic carbocycles. The van der Waals surface area contributed by atoms with Crippen LogP contribution in [0.4, 0.5) is 5.13 Å². The van der Waals surface area contributed by atoms with Gasteiger partial charge in [0, 0.05) is 19.3 Å². The second-order valence-corrected chi connectivity index (χ2v) is 6.77. The van der Waals surface area contributed by atoms with E-state index >= 15 is 0 Å². The summed E-state index contributed by atoms with van der Waals surface area (Å²) in [4.78, 5) is 19.8. The third kappa shape index (κ3) is 4.38. The Balaban J connectivity index is 1.44. The molecule has 0 unspecified atom stereocenters. The quantitative estimate of drug-likeness (QED) is 0.653. The van der Waals surface area contributed by atoms with Crippen LogP contribution in [0.1, 0.15) is 43.4 Å². The van der Waals surface area contributed by atoms with E-state index in [2.05, 4.69) is 32.4 Å². The molecule has 7 heteroatoms. The van der Waals surface area contributed by atoms with E-state index in [4.69, 9.17) is 0 Å². The Labute approximate surface area is 144 Å². The number of nitrogens with one attached hydrogen (secondary N) is 2. The molecule has 3 aromatic rings. The molecule has 0 aliphatic heterocycles. The van der Waals surface area contributed by atoms with Gasteiger partial charge in [-0.2, -0.15) is 0 Å². The van der Waals surface area contributed by atoms with Crippen LogP contribution in [0.25, 0.3) is 11.0 Å². The van der Waals surface area contributed by atoms with Crippen LogP contribution in [0.3, 0.4) is 0 Å². The van der Waals surface area contributed by atoms with Gasteiger partial charge in [0.2, 0.25) is 11.0 Å². The number of carbonyl (C=O) groups excluding carboxylic acids is 1. The Bertz CT molecular complexity index is 777. The molecule has 2 N–H and O–H groups in total. The molecule has 6 nitrogen and oxygen atoms in total. The van der Waals surface area contributed by atoms with Gasteiger partial charge < -0.3 is 10.3 Å². The smallest absolute Gasteiger partial charge is 0.226 e. The van der Waals surface area contributed by atoms with Crippen LogP contribution in [-0.4, -0.2) is 26.1 Å². The number of para-hydroxylation sites is 2. The lowest BCUT2D eigenvalue weighted by Crippen LogP contribution is -2.11. The number of aromatic nitrogens is 4. The van der Waals surface area contributed by atoms with Crippen molar-refractivity contribution in [3.8, 4) is 0 Å². The van der Waals surface area contributed by atoms with Gasteiger partial charge in [0.15, 0.2) is 0 Å². The van der Waals surface area contributed by atoms with E-state index in [0.717, 1.165) is 54.0 Å². The number of fused-ring (bicyclic) bond motifs is 1. The standard InChI is InChI=1S/C17H21N5OS/c1-2-3-11-16-21-22-17(24-16)20-15(23)10-6-9-14-18-12-7-4-5-8-13(12)19-14/h4-5,7-8H,2-3,6,9-11H2,1H3,(H,18,19)(H,20,22,23). The number of aromatic amines is 1. The predicted molar refractivity (Wildman–Crippen MR) is 96.2 cm³/mol. The normalized spacial score (nSPS) is 11.0. The Kier molecular flexibility index (Phi) is 5.53. The first-order chi connectivity index (χ1) is 11.7. The van der Waals surface area contributed by atoms with Crippen molar-refractivity contribution in [2.75, 3.05) is 5.32 Å². The molecule has 0 saturated carbocycles. The molecule has 0 radical (unpaired) electrons. The largest absolute Gasteiger partial charge is 0.342 e. The number of carbonyl (C=O) groups is 1. The van der Waals surface area contributed by atoms with Crippen LogP contribution in [0.5, 0.6) is 0 Å². The molecule has 0 spiro atoms. The molecule has 0 saturated heterocycles. The van der Waals surface area contributed by atoms with E-state index in [9.17, 15) is 4.79 Å². The number of amides is 1. The Morgan fingerprint density at radius 1 is 1.21 bits per heavy atom. The Morgan fingerprint density at radius 2 is 2.08 bits per heavy atom. The van der Waals surface area contributed by atoms with Crippen LogP contribution in [0.2, 0.25) is 0 Å². The summed E-state index contributed by atoms with van der Waals surface area (Å²) >= 11 is 1.46. The zero-order valence-electron chi connectivity index (χ0n) is 13.7. The van der Waals surface area contributed by atoms with Gasteiger partial charge in [0.25, 0.3) is 0 Å². The zero-order chi connectivity index (χ0) is 16.8. The number of unbranched alkanes of at least 4 members (excludes halogenated alkanes) is 1. The summed E-state index contributed by atoms with van der Waals surface area (Å²) in [5.74, 6) is 0.895. The molecular weight excluding hydrogens is 322 g/mol. The number of H-pyrrole nitrogens is 1. The summed E-state index contributed by atoms with van der Waals surface area (Å²) in [6, 6.07) is 7.93. The number of hydrogen-bond acceptors (Lipinski definition) is 5. The highest BCUT2D eigenvalue weighted by Crippen LogP contribution is 2.18. The lowest BCUT2D eigenvalue weighted by molar-refractivity contribution is -0.116. The van der Waals surface area contributed by atoms with Gasteiger partial charge in [0.1, 0.15) is 10.8 Å². The van der Waals surface area contributed by atoms with Crippen molar-refractivity contribution >= 4 is 33.4 Å². The summed E-state index contributed by atoms with van der Waals surface area (Å²) in [6.07, 6.45) is 5.09. The number of rotatable bonds is 8. The number of benzene rings is 1. The maximum Gasteiger partial charge on any atom is 0.226 e. The number of anilines is 1. The van der Waals surface area contributed by atoms with Crippen molar-refractivity contribution in [3.63, 3.8) is 0 Å². The van der Waals surface area contributed by atoms with Crippen molar-refractivity contribution in [3.05, 3.63) is 35.1 Å². The van der Waals surface area contributed by atoms with E-state index in [1.807, 2.05) is 24.3 Å². The van der Waals surface area contributed by atoms with E-state index in [0.29, 0.717) is 11.6 Å². The maximum atomic E-state index is 12.0. The summed E-state index contributed by atoms with van der Waals surface area (Å²) in [5, 5.41) is 12.5. The summed E-state index contributed by atoms with van der Waals surface area (Å²) in [6.45, 7) is 2.14. The molecule has 2 heterocycles. The van der Waals surface area contributed by atoms with Gasteiger partial charge in [-0.3, -0.25) is 4.79 Å². The lowest BCUT2D eigenvalue weighted by Gasteiger charge is -2.00. The minimum Gasteiger partial charge on any atom is -0.342 e. The first-order valence-electron chi connectivity index (χ1n) is 8.30. The molecule has 1 aromatic carbocycles. The second-order valence-electron chi connectivity index (χ2n) is 5.71. The maximum absolute atomic E-state index is 12.0. The highest BCUT2D eigenvalue weighted by Gasteiger charge is 2.09. The van der Waals surface area contributed by atoms with E-state index in [1.165, 1.54) is 11.3 Å². The molecule has 0 fully saturated rings. The monoisotopic (exact) mass is 343 g/mol. The SMILES string of the molecule is CCCCc1nnc(NC(=O)CCCc2nc3ccccc3[nH]2)s1. The van der Waals surface area contributed by atoms with Gasteiger partial charge in [-0.15, -0.1) is 10.2 Å².